The number of hydrogen-bond donors (Lipinski definition) is 0. The molecule has 0 atom stereocenters. The zero-order valence-corrected chi connectivity index (χ0v) is 31.5. The van der Waals surface area contributed by atoms with E-state index in [9.17, 15) is 0 Å². The number of aryl methyl sites for hydroxylation is 2. The predicted octanol–water partition coefficient (Wildman–Crippen LogP) is 6.14. The summed E-state index contributed by atoms with van der Waals surface area (Å²) >= 11 is 0. The normalized spacial score (nSPS) is 11.3. The summed E-state index contributed by atoms with van der Waals surface area (Å²) < 4.78 is 0. The maximum absolute atomic E-state index is 3.72. The van der Waals surface area contributed by atoms with Gasteiger partial charge in [-0.25, -0.2) is 0 Å². The number of rotatable bonds is 8. The first kappa shape index (κ1) is 38.4. The fraction of sp³-hybridized carbons (Fsp3) is 0.217. The largest absolute Gasteiger partial charge is 4.00 e. The van der Waals surface area contributed by atoms with Gasteiger partial charge in [0, 0.05) is 0 Å². The molecule has 0 heterocycles. The van der Waals surface area contributed by atoms with Crippen molar-refractivity contribution in [2.75, 3.05) is 0 Å². The summed E-state index contributed by atoms with van der Waals surface area (Å²) in [7, 11) is 0. The monoisotopic (exact) mass is 712 g/mol. The van der Waals surface area contributed by atoms with Crippen LogP contribution in [0.25, 0.3) is 44.5 Å². The van der Waals surface area contributed by atoms with Gasteiger partial charge in [0.25, 0.3) is 0 Å². The van der Waals surface area contributed by atoms with Crippen molar-refractivity contribution in [3.05, 3.63) is 167 Å². The van der Waals surface area contributed by atoms with Crippen molar-refractivity contribution >= 4 is 0 Å². The molecule has 0 radical (unpaired) electrons. The van der Waals surface area contributed by atoms with Gasteiger partial charge in [-0.15, -0.1) is 33.4 Å². The molecule has 0 N–H and O–H groups in total. The minimum atomic E-state index is 0. The average Bonchev–Trinajstić information content (AvgIpc) is 3.68. The van der Waals surface area contributed by atoms with E-state index in [1.54, 1.807) is 0 Å². The first-order chi connectivity index (χ1) is 22.7. The van der Waals surface area contributed by atoms with Gasteiger partial charge >= 0.3 is 21.7 Å². The molecule has 0 bridgehead atoms. The van der Waals surface area contributed by atoms with Gasteiger partial charge in [0.1, 0.15) is 0 Å². The zero-order chi connectivity index (χ0) is 31.3. The van der Waals surface area contributed by atoms with E-state index in [0.717, 1.165) is 25.7 Å². The average molecular weight is 714 g/mol. The van der Waals surface area contributed by atoms with Gasteiger partial charge in [-0.2, -0.15) is 35.4 Å². The SMILES string of the molecule is CCCCc1[c-]c2c(c(-c3ccccc3)c1)-c1ccccc1C2.CCCCc1[c-]c2c(c(-c3ccccc3)c1)-c1ccccc1C2.[Cl-].[Cl-].[Ti+4]. The van der Waals surface area contributed by atoms with Gasteiger partial charge in [-0.3, -0.25) is 0 Å². The Hall–Kier alpha value is -3.39. The number of unbranched alkanes of at least 4 members (excludes halogenated alkanes) is 2. The minimum absolute atomic E-state index is 0. The molecule has 0 aromatic heterocycles. The molecule has 0 unspecified atom stereocenters. The predicted molar refractivity (Wildman–Crippen MR) is 195 cm³/mol. The van der Waals surface area contributed by atoms with E-state index in [-0.39, 0.29) is 46.5 Å². The fourth-order valence-corrected chi connectivity index (χ4v) is 7.20. The van der Waals surface area contributed by atoms with Crippen molar-refractivity contribution in [1.82, 2.24) is 0 Å². The van der Waals surface area contributed by atoms with Crippen LogP contribution in [-0.4, -0.2) is 0 Å². The van der Waals surface area contributed by atoms with Crippen molar-refractivity contribution in [3.63, 3.8) is 0 Å². The Labute approximate surface area is 321 Å². The van der Waals surface area contributed by atoms with Crippen LogP contribution in [0, 0.1) is 12.1 Å². The van der Waals surface area contributed by atoms with E-state index in [2.05, 4.69) is 147 Å². The van der Waals surface area contributed by atoms with E-state index >= 15 is 0 Å². The Morgan fingerprint density at radius 2 is 0.837 bits per heavy atom. The van der Waals surface area contributed by atoms with Gasteiger partial charge in [0.05, 0.1) is 0 Å². The van der Waals surface area contributed by atoms with Crippen LogP contribution in [0.15, 0.2) is 121 Å². The second-order valence-corrected chi connectivity index (χ2v) is 12.7. The Balaban J connectivity index is 0.000000208. The van der Waals surface area contributed by atoms with Crippen LogP contribution in [0.5, 0.6) is 0 Å². The molecular formula is C46H42Cl2Ti. The van der Waals surface area contributed by atoms with Crippen LogP contribution in [0.1, 0.15) is 72.9 Å². The van der Waals surface area contributed by atoms with Gasteiger partial charge < -0.3 is 24.8 Å². The zero-order valence-electron chi connectivity index (χ0n) is 28.5. The molecule has 3 heteroatoms. The fourth-order valence-electron chi connectivity index (χ4n) is 7.20. The van der Waals surface area contributed by atoms with E-state index in [0.29, 0.717) is 0 Å². The maximum Gasteiger partial charge on any atom is 4.00 e. The van der Waals surface area contributed by atoms with Crippen molar-refractivity contribution < 1.29 is 46.5 Å². The van der Waals surface area contributed by atoms with E-state index < -0.39 is 0 Å². The van der Waals surface area contributed by atoms with E-state index in [1.807, 2.05) is 0 Å². The number of hydrogen-bond acceptors (Lipinski definition) is 0. The summed E-state index contributed by atoms with van der Waals surface area (Å²) in [6.45, 7) is 4.50. The Morgan fingerprint density at radius 1 is 0.469 bits per heavy atom. The summed E-state index contributed by atoms with van der Waals surface area (Å²) in [5.74, 6) is 0. The van der Waals surface area contributed by atoms with Crippen molar-refractivity contribution in [2.24, 2.45) is 0 Å². The molecule has 49 heavy (non-hydrogen) atoms. The molecule has 0 fully saturated rings. The Kier molecular flexibility index (Phi) is 14.1. The second kappa shape index (κ2) is 18.0. The molecule has 244 valence electrons. The van der Waals surface area contributed by atoms with E-state index in [1.165, 1.54) is 104 Å². The van der Waals surface area contributed by atoms with Crippen molar-refractivity contribution in [2.45, 2.75) is 65.2 Å². The first-order valence-corrected chi connectivity index (χ1v) is 17.2. The third-order valence-corrected chi connectivity index (χ3v) is 9.48. The maximum atomic E-state index is 3.72. The van der Waals surface area contributed by atoms with Crippen LogP contribution in [0.4, 0.5) is 0 Å². The van der Waals surface area contributed by atoms with Crippen LogP contribution in [0.3, 0.4) is 0 Å². The van der Waals surface area contributed by atoms with Gasteiger partial charge in [-0.1, -0.05) is 184 Å². The molecule has 0 saturated carbocycles. The molecule has 6 aromatic carbocycles. The number of fused-ring (bicyclic) bond motifs is 6. The summed E-state index contributed by atoms with van der Waals surface area (Å²) in [5, 5.41) is 0. The summed E-state index contributed by atoms with van der Waals surface area (Å²) in [6.07, 6.45) is 9.21. The molecule has 2 aliphatic carbocycles. The van der Waals surface area contributed by atoms with Crippen molar-refractivity contribution in [3.8, 4) is 44.5 Å². The summed E-state index contributed by atoms with van der Waals surface area (Å²) in [6, 6.07) is 51.4. The second-order valence-electron chi connectivity index (χ2n) is 12.7. The molecule has 0 spiro atoms. The van der Waals surface area contributed by atoms with Gasteiger partial charge in [0.2, 0.25) is 0 Å². The summed E-state index contributed by atoms with van der Waals surface area (Å²) in [5.41, 5.74) is 19.3. The minimum Gasteiger partial charge on any atom is -1.00 e. The molecular weight excluding hydrogens is 671 g/mol. The number of halogens is 2. The molecule has 8 rings (SSSR count). The topological polar surface area (TPSA) is 0 Å². The van der Waals surface area contributed by atoms with Crippen LogP contribution < -0.4 is 24.8 Å². The molecule has 6 aromatic rings. The molecule has 2 aliphatic rings. The van der Waals surface area contributed by atoms with Crippen LogP contribution in [0.2, 0.25) is 0 Å². The first-order valence-electron chi connectivity index (χ1n) is 17.2. The third-order valence-electron chi connectivity index (χ3n) is 9.48. The molecule has 0 aliphatic heterocycles. The van der Waals surface area contributed by atoms with E-state index in [4.69, 9.17) is 0 Å². The molecule has 0 saturated heterocycles. The van der Waals surface area contributed by atoms with Crippen molar-refractivity contribution in [1.29, 1.82) is 0 Å². The summed E-state index contributed by atoms with van der Waals surface area (Å²) in [4.78, 5) is 0. The Bertz CT molecular complexity index is 1820. The quantitative estimate of drug-likeness (QED) is 0.131. The van der Waals surface area contributed by atoms with Gasteiger partial charge in [-0.05, 0) is 24.0 Å². The smallest absolute Gasteiger partial charge is 1.00 e. The molecule has 0 nitrogen and oxygen atoms in total. The van der Waals surface area contributed by atoms with Crippen LogP contribution >= 0.6 is 0 Å². The number of benzene rings is 6. The third kappa shape index (κ3) is 8.33. The standard InChI is InChI=1S/2C23H21.2ClH.Ti/c2*1-2-3-9-17-14-20-16-19-12-7-8-13-21(19)23(20)22(15-17)18-10-5-4-6-11-18;;;/h2*4-8,10-13,15H,2-3,9,16H2,1H3;2*1H;/q2*-1;;;+4/p-2. The molecule has 0 amide bonds. The Morgan fingerprint density at radius 3 is 1.22 bits per heavy atom. The van der Waals surface area contributed by atoms with Crippen LogP contribution in [-0.2, 0) is 47.4 Å². The van der Waals surface area contributed by atoms with Gasteiger partial charge in [0.15, 0.2) is 0 Å².